The van der Waals surface area contributed by atoms with Crippen molar-refractivity contribution in [3.8, 4) is 0 Å². The van der Waals surface area contributed by atoms with E-state index in [1.165, 1.54) is 18.4 Å². The molecule has 0 radical (unpaired) electrons. The third kappa shape index (κ3) is 6.27. The van der Waals surface area contributed by atoms with Gasteiger partial charge < -0.3 is 15.4 Å². The molecule has 0 aromatic heterocycles. The van der Waals surface area contributed by atoms with Gasteiger partial charge in [0.25, 0.3) is 0 Å². The number of benzene rings is 3. The number of rotatable bonds is 7. The molecule has 4 N–H and O–H groups in total. The predicted molar refractivity (Wildman–Crippen MR) is 126 cm³/mol. The van der Waals surface area contributed by atoms with Crippen LogP contribution in [0.15, 0.2) is 53.4 Å². The Bertz CT molecular complexity index is 1340. The van der Waals surface area contributed by atoms with Crippen LogP contribution in [0.3, 0.4) is 0 Å². The van der Waals surface area contributed by atoms with Gasteiger partial charge in [0.15, 0.2) is 0 Å². The molecular formula is C19H12ClFIN4O5SW-. The van der Waals surface area contributed by atoms with Crippen LogP contribution in [0, 0.1) is 19.5 Å². The van der Waals surface area contributed by atoms with E-state index in [2.05, 4.69) is 10.6 Å². The molecule has 33 heavy (non-hydrogen) atoms. The van der Waals surface area contributed by atoms with Crippen LogP contribution in [-0.4, -0.2) is 19.6 Å². The van der Waals surface area contributed by atoms with Crippen molar-refractivity contribution < 1.29 is 43.6 Å². The molecular weight excluding hydrogens is 761 g/mol. The average molecular weight is 774 g/mol. The fourth-order valence-corrected chi connectivity index (χ4v) is 4.12. The third-order valence-corrected chi connectivity index (χ3v) is 6.11. The minimum Gasteiger partial charge on any atom is -0.404 e. The molecule has 14 heteroatoms. The number of nitrogens with one attached hydrogen (secondary N) is 2. The maximum Gasteiger partial charge on any atom is 0.243 e. The average Bonchev–Trinajstić information content (AvgIpc) is 2.72. The standard InChI is InChI=1S/C19H12ClFIN4O5S.W/c20-14-8-11(22)1-6-15(14)25-18-10(9-27)7-16(26(28)29)19(17(18)21)24-12-2-4-13(5-3-12)32(23,30)31;/h1-8,24-25H,(H2,23,30,31);/q-1;. The van der Waals surface area contributed by atoms with Gasteiger partial charge in [-0.15, -0.1) is 5.56 Å². The molecule has 0 amide bonds. The van der Waals surface area contributed by atoms with E-state index in [1.807, 2.05) is 22.6 Å². The van der Waals surface area contributed by atoms with Crippen LogP contribution < -0.4 is 15.8 Å². The number of nitrogens with two attached hydrogens (primary N) is 1. The van der Waals surface area contributed by atoms with Crippen molar-refractivity contribution in [1.82, 2.24) is 0 Å². The summed E-state index contributed by atoms with van der Waals surface area (Å²) in [4.78, 5) is 21.9. The fraction of sp³-hybridized carbons (Fsp3) is 0. The van der Waals surface area contributed by atoms with Crippen molar-refractivity contribution in [2.45, 2.75) is 4.90 Å². The van der Waals surface area contributed by atoms with E-state index in [0.29, 0.717) is 0 Å². The molecule has 0 unspecified atom stereocenters. The molecule has 3 rings (SSSR count). The molecule has 0 fully saturated rings. The molecule has 9 nitrogen and oxygen atoms in total. The monoisotopic (exact) mass is 773 g/mol. The summed E-state index contributed by atoms with van der Waals surface area (Å²) in [6, 6.07) is 10.5. The number of halogens is 3. The molecule has 0 aliphatic rings. The van der Waals surface area contributed by atoms with Crippen molar-refractivity contribution in [1.29, 1.82) is 0 Å². The van der Waals surface area contributed by atoms with Crippen LogP contribution in [0.25, 0.3) is 0 Å². The summed E-state index contributed by atoms with van der Waals surface area (Å²) in [7, 11) is -3.96. The SMILES string of the molecule is NS(=O)(=O)c1ccc(Nc2c([N+](=O)[O-])cc([C-]=O)c(Nc3ccc(I)cc3Cl)c2F)cc1.[W]. The Balaban J connectivity index is 0.00000385. The molecule has 0 saturated heterocycles. The second-order valence-corrected chi connectivity index (χ2v) is 9.52. The van der Waals surface area contributed by atoms with Crippen LogP contribution in [0.4, 0.5) is 32.8 Å². The molecule has 0 bridgehead atoms. The Morgan fingerprint density at radius 3 is 2.24 bits per heavy atom. The van der Waals surface area contributed by atoms with E-state index < -0.39 is 37.7 Å². The maximum absolute atomic E-state index is 15.4. The van der Waals surface area contributed by atoms with Crippen LogP contribution in [0.2, 0.25) is 5.02 Å². The smallest absolute Gasteiger partial charge is 0.243 e. The third-order valence-electron chi connectivity index (χ3n) is 4.20. The Morgan fingerprint density at radius 1 is 1.09 bits per heavy atom. The van der Waals surface area contributed by atoms with E-state index in [4.69, 9.17) is 16.7 Å². The molecule has 0 atom stereocenters. The molecule has 3 aromatic carbocycles. The van der Waals surface area contributed by atoms with E-state index in [1.54, 1.807) is 18.2 Å². The number of hydrogen-bond donors (Lipinski definition) is 3. The second kappa shape index (κ2) is 10.9. The Labute approximate surface area is 220 Å². The number of nitro benzene ring substituents is 1. The van der Waals surface area contributed by atoms with Crippen molar-refractivity contribution in [3.63, 3.8) is 0 Å². The van der Waals surface area contributed by atoms with Gasteiger partial charge in [0, 0.05) is 36.0 Å². The van der Waals surface area contributed by atoms with E-state index in [0.717, 1.165) is 21.8 Å². The first-order valence-corrected chi connectivity index (χ1v) is 11.5. The van der Waals surface area contributed by atoms with Crippen LogP contribution in [0.5, 0.6) is 0 Å². The minimum atomic E-state index is -3.96. The number of nitro groups is 1. The molecule has 0 spiro atoms. The topological polar surface area (TPSA) is 144 Å². The summed E-state index contributed by atoms with van der Waals surface area (Å²) in [6.45, 7) is 0. The van der Waals surface area contributed by atoms with Crippen molar-refractivity contribution in [3.05, 3.63) is 78.6 Å². The van der Waals surface area contributed by atoms with Gasteiger partial charge in [-0.05, 0) is 70.7 Å². The number of anilines is 4. The van der Waals surface area contributed by atoms with Crippen molar-refractivity contribution in [2.75, 3.05) is 10.6 Å². The largest absolute Gasteiger partial charge is 0.404 e. The zero-order valence-corrected chi connectivity index (χ0v) is 22.8. The number of hydrogen-bond acceptors (Lipinski definition) is 7. The fourth-order valence-electron chi connectivity index (χ4n) is 2.70. The van der Waals surface area contributed by atoms with Gasteiger partial charge in [-0.2, -0.15) is 0 Å². The number of carbonyl (C=O) groups excluding carboxylic acids is 1. The molecule has 0 heterocycles. The van der Waals surface area contributed by atoms with Gasteiger partial charge >= 0.3 is 0 Å². The summed E-state index contributed by atoms with van der Waals surface area (Å²) in [5, 5.41) is 22.0. The second-order valence-electron chi connectivity index (χ2n) is 6.31. The first kappa shape index (κ1) is 27.1. The zero-order valence-electron chi connectivity index (χ0n) is 16.1. The van der Waals surface area contributed by atoms with Crippen LogP contribution in [-0.2, 0) is 35.9 Å². The number of nitrogens with zero attached hydrogens (tertiary/aromatic N) is 1. The van der Waals surface area contributed by atoms with Gasteiger partial charge in [-0.25, -0.2) is 17.9 Å². The predicted octanol–water partition coefficient (Wildman–Crippen LogP) is 4.58. The number of primary sulfonamides is 1. The van der Waals surface area contributed by atoms with Gasteiger partial charge in [0.05, 0.1) is 21.1 Å². The van der Waals surface area contributed by atoms with Crippen LogP contribution in [0.1, 0.15) is 5.56 Å². The molecule has 0 aliphatic heterocycles. The summed E-state index contributed by atoms with van der Waals surface area (Å²) in [5.74, 6) is -1.14. The Morgan fingerprint density at radius 2 is 1.73 bits per heavy atom. The quantitative estimate of drug-likeness (QED) is 0.138. The summed E-state index contributed by atoms with van der Waals surface area (Å²) in [5.41, 5.74) is -1.67. The first-order valence-electron chi connectivity index (χ1n) is 8.52. The molecule has 3 aromatic rings. The van der Waals surface area contributed by atoms with Gasteiger partial charge in [-0.1, -0.05) is 17.7 Å². The Hall–Kier alpha value is -2.12. The van der Waals surface area contributed by atoms with Gasteiger partial charge in [0.2, 0.25) is 15.7 Å². The van der Waals surface area contributed by atoms with E-state index in [9.17, 15) is 23.3 Å². The molecule has 0 aliphatic carbocycles. The Kier molecular flexibility index (Phi) is 8.93. The summed E-state index contributed by atoms with van der Waals surface area (Å²) < 4.78 is 39.0. The van der Waals surface area contributed by atoms with Crippen molar-refractivity contribution >= 4 is 78.9 Å². The van der Waals surface area contributed by atoms with Crippen molar-refractivity contribution in [2.24, 2.45) is 5.14 Å². The van der Waals surface area contributed by atoms with E-state index in [-0.39, 0.29) is 48.0 Å². The maximum atomic E-state index is 15.4. The van der Waals surface area contributed by atoms with Gasteiger partial charge in [0.1, 0.15) is 11.5 Å². The first-order chi connectivity index (χ1) is 15.0. The number of sulfonamides is 1. The molecule has 172 valence electrons. The normalized spacial score (nSPS) is 10.8. The summed E-state index contributed by atoms with van der Waals surface area (Å²) in [6.07, 6.45) is 1.49. The zero-order chi connectivity index (χ0) is 23.6. The molecule has 0 saturated carbocycles. The minimum absolute atomic E-state index is 0. The summed E-state index contributed by atoms with van der Waals surface area (Å²) >= 11 is 8.19. The van der Waals surface area contributed by atoms with E-state index >= 15 is 4.39 Å². The van der Waals surface area contributed by atoms with Gasteiger partial charge in [-0.3, -0.25) is 10.1 Å². The van der Waals surface area contributed by atoms with Crippen LogP contribution >= 0.6 is 34.2 Å².